The molecule has 1 aliphatic carbocycles. The number of anilines is 3. The molecule has 10 heteroatoms. The first-order chi connectivity index (χ1) is 13.8. The summed E-state index contributed by atoms with van der Waals surface area (Å²) in [5.74, 6) is 0.960. The average Bonchev–Trinajstić information content (AvgIpc) is 3.19. The topological polar surface area (TPSA) is 100 Å². The van der Waals surface area contributed by atoms with E-state index in [1.54, 1.807) is 17.1 Å². The van der Waals surface area contributed by atoms with E-state index in [1.807, 2.05) is 0 Å². The number of thiazole rings is 1. The van der Waals surface area contributed by atoms with Crippen molar-refractivity contribution in [3.05, 3.63) is 40.7 Å². The Morgan fingerprint density at radius 1 is 1.29 bits per heavy atom. The number of H-pyrrole nitrogens is 1. The van der Waals surface area contributed by atoms with E-state index < -0.39 is 0 Å². The van der Waals surface area contributed by atoms with Gasteiger partial charge in [0.25, 0.3) is 5.91 Å². The van der Waals surface area contributed by atoms with Gasteiger partial charge in [0.05, 0.1) is 30.6 Å². The van der Waals surface area contributed by atoms with Gasteiger partial charge in [0, 0.05) is 18.5 Å². The van der Waals surface area contributed by atoms with Gasteiger partial charge in [-0.25, -0.2) is 14.9 Å². The highest BCUT2D eigenvalue weighted by molar-refractivity contribution is 7.07. The Balaban J connectivity index is 1.53. The van der Waals surface area contributed by atoms with E-state index in [4.69, 9.17) is 4.74 Å². The number of hydrogen-bond donors (Lipinski definition) is 1. The number of hydrogen-bond acceptors (Lipinski definition) is 8. The lowest BCUT2D eigenvalue weighted by molar-refractivity contribution is 0.0991. The third-order valence-corrected chi connectivity index (χ3v) is 5.54. The normalized spacial score (nSPS) is 16.9. The van der Waals surface area contributed by atoms with Crippen molar-refractivity contribution in [3.63, 3.8) is 0 Å². The summed E-state index contributed by atoms with van der Waals surface area (Å²) in [5.41, 5.74) is 4.17. The Bertz CT molecular complexity index is 916. The SMILES string of the molecule is O=C(c1ncc(N2CCOCC2)cc1C1CC1)N(c1cscn1)c1nnc[nH]1. The van der Waals surface area contributed by atoms with Crippen LogP contribution in [0.25, 0.3) is 0 Å². The van der Waals surface area contributed by atoms with Gasteiger partial charge in [0.15, 0.2) is 5.82 Å². The molecule has 0 bridgehead atoms. The summed E-state index contributed by atoms with van der Waals surface area (Å²) in [5, 5.41) is 9.63. The molecule has 1 saturated heterocycles. The lowest BCUT2D eigenvalue weighted by Crippen LogP contribution is -2.36. The van der Waals surface area contributed by atoms with E-state index in [0.717, 1.165) is 37.2 Å². The lowest BCUT2D eigenvalue weighted by atomic mass is 10.1. The number of morpholine rings is 1. The van der Waals surface area contributed by atoms with Gasteiger partial charge in [0.2, 0.25) is 5.95 Å². The molecule has 0 radical (unpaired) electrons. The van der Waals surface area contributed by atoms with Crippen LogP contribution in [-0.4, -0.2) is 57.4 Å². The number of carbonyl (C=O) groups excluding carboxylic acids is 1. The molecule has 28 heavy (non-hydrogen) atoms. The van der Waals surface area contributed by atoms with Gasteiger partial charge in [-0.2, -0.15) is 0 Å². The quantitative estimate of drug-likeness (QED) is 0.705. The summed E-state index contributed by atoms with van der Waals surface area (Å²) < 4.78 is 5.44. The minimum absolute atomic E-state index is 0.252. The van der Waals surface area contributed by atoms with Crippen LogP contribution in [0.2, 0.25) is 0 Å². The fourth-order valence-corrected chi connectivity index (χ4v) is 3.91. The van der Waals surface area contributed by atoms with Crippen molar-refractivity contribution < 1.29 is 9.53 Å². The van der Waals surface area contributed by atoms with Crippen molar-refractivity contribution in [1.82, 2.24) is 25.1 Å². The van der Waals surface area contributed by atoms with Crippen molar-refractivity contribution in [2.45, 2.75) is 18.8 Å². The van der Waals surface area contributed by atoms with Crippen LogP contribution in [0.15, 0.2) is 29.5 Å². The standard InChI is InChI=1S/C18H19N7O2S/c26-17(25(15-9-28-11-21-15)18-20-10-22-23-18)16-14(12-1-2-12)7-13(8-19-16)24-3-5-27-6-4-24/h7-12H,1-6H2,(H,20,22,23). The summed E-state index contributed by atoms with van der Waals surface area (Å²) in [4.78, 5) is 29.0. The van der Waals surface area contributed by atoms with Gasteiger partial charge in [-0.15, -0.1) is 21.5 Å². The molecule has 9 nitrogen and oxygen atoms in total. The zero-order valence-electron chi connectivity index (χ0n) is 15.1. The maximum atomic E-state index is 13.5. The summed E-state index contributed by atoms with van der Waals surface area (Å²) in [6.45, 7) is 3.09. The smallest absolute Gasteiger partial charge is 0.285 e. The number of carbonyl (C=O) groups is 1. The monoisotopic (exact) mass is 397 g/mol. The van der Waals surface area contributed by atoms with Crippen LogP contribution in [0.4, 0.5) is 17.5 Å². The van der Waals surface area contributed by atoms with Crippen molar-refractivity contribution in [3.8, 4) is 0 Å². The third-order valence-electron chi connectivity index (χ3n) is 4.97. The average molecular weight is 397 g/mol. The van der Waals surface area contributed by atoms with Crippen LogP contribution < -0.4 is 9.80 Å². The molecular formula is C18H19N7O2S. The number of aromatic nitrogens is 5. The molecule has 4 heterocycles. The number of rotatable bonds is 5. The minimum Gasteiger partial charge on any atom is -0.378 e. The fraction of sp³-hybridized carbons (Fsp3) is 0.389. The maximum absolute atomic E-state index is 13.5. The Morgan fingerprint density at radius 2 is 2.14 bits per heavy atom. The fourth-order valence-electron chi connectivity index (χ4n) is 3.39. The molecule has 1 saturated carbocycles. The molecule has 2 fully saturated rings. The van der Waals surface area contributed by atoms with Gasteiger partial charge in [0.1, 0.15) is 12.0 Å². The van der Waals surface area contributed by atoms with Gasteiger partial charge in [-0.05, 0) is 30.4 Å². The second-order valence-corrected chi connectivity index (χ2v) is 7.52. The van der Waals surface area contributed by atoms with Crippen LogP contribution in [-0.2, 0) is 4.74 Å². The van der Waals surface area contributed by atoms with E-state index in [-0.39, 0.29) is 5.91 Å². The molecule has 3 aromatic heterocycles. The maximum Gasteiger partial charge on any atom is 0.285 e. The molecule has 0 spiro atoms. The van der Waals surface area contributed by atoms with Crippen molar-refractivity contribution in [1.29, 1.82) is 0 Å². The van der Waals surface area contributed by atoms with Crippen LogP contribution in [0.1, 0.15) is 34.8 Å². The highest BCUT2D eigenvalue weighted by atomic mass is 32.1. The lowest BCUT2D eigenvalue weighted by Gasteiger charge is -2.29. The van der Waals surface area contributed by atoms with E-state index in [0.29, 0.717) is 36.6 Å². The Morgan fingerprint density at radius 3 is 2.82 bits per heavy atom. The van der Waals surface area contributed by atoms with E-state index >= 15 is 0 Å². The zero-order chi connectivity index (χ0) is 18.9. The first-order valence-corrected chi connectivity index (χ1v) is 10.2. The molecule has 0 atom stereocenters. The van der Waals surface area contributed by atoms with E-state index in [9.17, 15) is 4.79 Å². The summed E-state index contributed by atoms with van der Waals surface area (Å²) >= 11 is 1.42. The number of pyridine rings is 1. The first kappa shape index (κ1) is 17.3. The summed E-state index contributed by atoms with van der Waals surface area (Å²) in [6.07, 6.45) is 5.38. The molecule has 144 valence electrons. The minimum atomic E-state index is -0.252. The highest BCUT2D eigenvalue weighted by Crippen LogP contribution is 2.43. The molecule has 1 amide bonds. The summed E-state index contributed by atoms with van der Waals surface area (Å²) in [7, 11) is 0. The Labute approximate surface area is 165 Å². The van der Waals surface area contributed by atoms with Crippen LogP contribution in [0.5, 0.6) is 0 Å². The molecule has 2 aliphatic rings. The Hall–Kier alpha value is -2.85. The van der Waals surface area contributed by atoms with Crippen molar-refractivity contribution in [2.75, 3.05) is 36.1 Å². The number of amides is 1. The second kappa shape index (κ2) is 7.28. The van der Waals surface area contributed by atoms with Crippen LogP contribution in [0.3, 0.4) is 0 Å². The number of nitrogens with one attached hydrogen (secondary N) is 1. The molecule has 0 aromatic carbocycles. The molecule has 1 N–H and O–H groups in total. The van der Waals surface area contributed by atoms with Gasteiger partial charge in [-0.1, -0.05) is 0 Å². The van der Waals surface area contributed by atoms with Gasteiger partial charge < -0.3 is 14.6 Å². The zero-order valence-corrected chi connectivity index (χ0v) is 15.9. The third kappa shape index (κ3) is 3.25. The molecule has 1 aliphatic heterocycles. The van der Waals surface area contributed by atoms with E-state index in [2.05, 4.69) is 36.1 Å². The predicted octanol–water partition coefficient (Wildman–Crippen LogP) is 2.35. The molecule has 5 rings (SSSR count). The molecule has 3 aromatic rings. The number of aromatic amines is 1. The van der Waals surface area contributed by atoms with Gasteiger partial charge in [-0.3, -0.25) is 4.79 Å². The molecule has 0 unspecified atom stereocenters. The number of ether oxygens (including phenoxy) is 1. The van der Waals surface area contributed by atoms with Gasteiger partial charge >= 0.3 is 0 Å². The Kier molecular flexibility index (Phi) is 4.49. The second-order valence-electron chi connectivity index (χ2n) is 6.80. The van der Waals surface area contributed by atoms with E-state index in [1.165, 1.54) is 22.6 Å². The highest BCUT2D eigenvalue weighted by Gasteiger charge is 2.33. The van der Waals surface area contributed by atoms with Crippen molar-refractivity contribution in [2.24, 2.45) is 0 Å². The van der Waals surface area contributed by atoms with Crippen LogP contribution in [0, 0.1) is 0 Å². The summed E-state index contributed by atoms with van der Waals surface area (Å²) in [6, 6.07) is 2.11. The molecular weight excluding hydrogens is 378 g/mol. The van der Waals surface area contributed by atoms with Crippen molar-refractivity contribution >= 4 is 34.7 Å². The predicted molar refractivity (Wildman–Crippen MR) is 104 cm³/mol. The first-order valence-electron chi connectivity index (χ1n) is 9.22. The number of nitrogens with zero attached hydrogens (tertiary/aromatic N) is 6. The van der Waals surface area contributed by atoms with Crippen LogP contribution >= 0.6 is 11.3 Å². The largest absolute Gasteiger partial charge is 0.378 e.